The summed E-state index contributed by atoms with van der Waals surface area (Å²) in [5.74, 6) is 0.495. The van der Waals surface area contributed by atoms with E-state index in [2.05, 4.69) is 4.98 Å². The summed E-state index contributed by atoms with van der Waals surface area (Å²) in [6.07, 6.45) is 2.89. The van der Waals surface area contributed by atoms with Gasteiger partial charge >= 0.3 is 0 Å². The minimum atomic E-state index is -0.479. The molecule has 2 aromatic heterocycles. The number of pyridine rings is 1. The molecule has 84 valence electrons. The molecule has 2 rings (SSSR count). The third-order valence-electron chi connectivity index (χ3n) is 2.38. The van der Waals surface area contributed by atoms with Crippen molar-refractivity contribution in [3.8, 4) is 11.9 Å². The first-order valence-electron chi connectivity index (χ1n) is 4.82. The van der Waals surface area contributed by atoms with Crippen LogP contribution >= 0.6 is 0 Å². The van der Waals surface area contributed by atoms with Crippen LogP contribution in [-0.4, -0.2) is 14.5 Å². The third kappa shape index (κ3) is 1.86. The lowest BCUT2D eigenvalue weighted by Crippen LogP contribution is -2.01. The van der Waals surface area contributed by atoms with Crippen molar-refractivity contribution in [3.63, 3.8) is 0 Å². The summed E-state index contributed by atoms with van der Waals surface area (Å²) in [5, 5.41) is 19.5. The van der Waals surface area contributed by atoms with E-state index in [-0.39, 0.29) is 5.69 Å². The first kappa shape index (κ1) is 10.8. The third-order valence-corrected chi connectivity index (χ3v) is 2.38. The number of hydrogen-bond donors (Lipinski definition) is 0. The number of nitrogens with zero attached hydrogens (tertiary/aromatic N) is 4. The van der Waals surface area contributed by atoms with E-state index in [4.69, 9.17) is 5.26 Å². The molecule has 2 aromatic rings. The number of nitro groups is 1. The van der Waals surface area contributed by atoms with Gasteiger partial charge in [-0.25, -0.2) is 4.98 Å². The average Bonchev–Trinajstić information content (AvgIpc) is 2.76. The number of nitriles is 1. The lowest BCUT2D eigenvalue weighted by Gasteiger charge is -2.04. The molecule has 0 spiro atoms. The summed E-state index contributed by atoms with van der Waals surface area (Å²) in [7, 11) is 0. The molecule has 0 amide bonds. The van der Waals surface area contributed by atoms with Gasteiger partial charge in [0.2, 0.25) is 0 Å². The first-order chi connectivity index (χ1) is 8.13. The Bertz CT molecular complexity index is 625. The van der Waals surface area contributed by atoms with Crippen molar-refractivity contribution in [3.05, 3.63) is 52.0 Å². The van der Waals surface area contributed by atoms with Gasteiger partial charge in [-0.15, -0.1) is 0 Å². The van der Waals surface area contributed by atoms with Crippen LogP contribution in [0, 0.1) is 28.4 Å². The predicted octanol–water partition coefficient (Wildman–Crippen LogP) is 1.96. The van der Waals surface area contributed by atoms with Crippen LogP contribution in [0.4, 0.5) is 5.69 Å². The highest BCUT2D eigenvalue weighted by Crippen LogP contribution is 2.19. The summed E-state index contributed by atoms with van der Waals surface area (Å²) in [4.78, 5) is 14.2. The summed E-state index contributed by atoms with van der Waals surface area (Å²) >= 11 is 0. The molecule has 0 aliphatic heterocycles. The molecule has 0 saturated carbocycles. The second kappa shape index (κ2) is 4.06. The maximum Gasteiger partial charge on any atom is 0.290 e. The van der Waals surface area contributed by atoms with Gasteiger partial charge in [-0.3, -0.25) is 14.7 Å². The summed E-state index contributed by atoms with van der Waals surface area (Å²) < 4.78 is 1.58. The molecule has 0 bridgehead atoms. The highest BCUT2D eigenvalue weighted by molar-refractivity contribution is 5.43. The molecule has 0 radical (unpaired) electrons. The summed E-state index contributed by atoms with van der Waals surface area (Å²) in [6, 6.07) is 6.97. The van der Waals surface area contributed by atoms with Gasteiger partial charge in [0.15, 0.2) is 0 Å². The van der Waals surface area contributed by atoms with Crippen molar-refractivity contribution in [2.45, 2.75) is 6.92 Å². The zero-order valence-electron chi connectivity index (χ0n) is 8.99. The molecule has 0 aliphatic carbocycles. The normalized spacial score (nSPS) is 9.88. The molecule has 2 heterocycles. The number of aromatic nitrogens is 2. The largest absolute Gasteiger partial charge is 0.293 e. The number of aryl methyl sites for hydroxylation is 1. The molecular weight excluding hydrogens is 220 g/mol. The summed E-state index contributed by atoms with van der Waals surface area (Å²) in [5.41, 5.74) is 0.919. The van der Waals surface area contributed by atoms with Gasteiger partial charge in [0.25, 0.3) is 5.69 Å². The van der Waals surface area contributed by atoms with Crippen LogP contribution in [0.3, 0.4) is 0 Å². The molecule has 6 heteroatoms. The Labute approximate surface area is 96.9 Å². The van der Waals surface area contributed by atoms with Gasteiger partial charge < -0.3 is 0 Å². The van der Waals surface area contributed by atoms with Crippen molar-refractivity contribution in [1.82, 2.24) is 9.55 Å². The molecule has 0 aliphatic rings. The van der Waals surface area contributed by atoms with Crippen LogP contribution in [0.1, 0.15) is 11.3 Å². The Morgan fingerprint density at radius 3 is 2.94 bits per heavy atom. The fourth-order valence-electron chi connectivity index (χ4n) is 1.53. The smallest absolute Gasteiger partial charge is 0.290 e. The van der Waals surface area contributed by atoms with E-state index in [0.29, 0.717) is 17.1 Å². The second-order valence-electron chi connectivity index (χ2n) is 3.46. The number of hydrogen-bond acceptors (Lipinski definition) is 4. The molecule has 0 N–H and O–H groups in total. The van der Waals surface area contributed by atoms with Gasteiger partial charge in [-0.2, -0.15) is 5.26 Å². The molecule has 0 fully saturated rings. The molecule has 0 atom stereocenters. The van der Waals surface area contributed by atoms with Crippen molar-refractivity contribution >= 4 is 5.69 Å². The zero-order valence-corrected chi connectivity index (χ0v) is 8.99. The molecule has 0 saturated heterocycles. The number of rotatable bonds is 2. The standard InChI is InChI=1S/C11H8N4O2/c1-8-5-11(13-7-10(8)15(16)17)14-4-2-3-9(14)6-12/h2-5,7H,1H3. The Hall–Kier alpha value is -2.68. The first-order valence-corrected chi connectivity index (χ1v) is 4.82. The van der Waals surface area contributed by atoms with Gasteiger partial charge in [0.1, 0.15) is 23.8 Å². The van der Waals surface area contributed by atoms with Crippen molar-refractivity contribution in [2.75, 3.05) is 0 Å². The van der Waals surface area contributed by atoms with Crippen molar-refractivity contribution in [2.24, 2.45) is 0 Å². The fraction of sp³-hybridized carbons (Fsp3) is 0.0909. The molecule has 0 unspecified atom stereocenters. The second-order valence-corrected chi connectivity index (χ2v) is 3.46. The summed E-state index contributed by atoms with van der Waals surface area (Å²) in [6.45, 7) is 1.64. The van der Waals surface area contributed by atoms with E-state index in [1.807, 2.05) is 6.07 Å². The average molecular weight is 228 g/mol. The van der Waals surface area contributed by atoms with Gasteiger partial charge in [0.05, 0.1) is 4.92 Å². The van der Waals surface area contributed by atoms with Crippen LogP contribution in [0.15, 0.2) is 30.6 Å². The Morgan fingerprint density at radius 2 is 2.35 bits per heavy atom. The fourth-order valence-corrected chi connectivity index (χ4v) is 1.53. The minimum Gasteiger partial charge on any atom is -0.293 e. The Kier molecular flexibility index (Phi) is 2.58. The van der Waals surface area contributed by atoms with E-state index in [9.17, 15) is 10.1 Å². The van der Waals surface area contributed by atoms with Gasteiger partial charge in [-0.1, -0.05) is 0 Å². The molecular formula is C11H8N4O2. The van der Waals surface area contributed by atoms with E-state index in [0.717, 1.165) is 0 Å². The quantitative estimate of drug-likeness (QED) is 0.580. The van der Waals surface area contributed by atoms with Crippen molar-refractivity contribution < 1.29 is 4.92 Å². The SMILES string of the molecule is Cc1cc(-n2cccc2C#N)ncc1[N+](=O)[O-]. The van der Waals surface area contributed by atoms with Crippen LogP contribution in [0.25, 0.3) is 5.82 Å². The Morgan fingerprint density at radius 1 is 1.59 bits per heavy atom. The van der Waals surface area contributed by atoms with Gasteiger partial charge in [-0.05, 0) is 25.1 Å². The molecule has 0 aromatic carbocycles. The molecule has 6 nitrogen and oxygen atoms in total. The van der Waals surface area contributed by atoms with Crippen LogP contribution in [-0.2, 0) is 0 Å². The predicted molar refractivity (Wildman–Crippen MR) is 59.7 cm³/mol. The maximum absolute atomic E-state index is 10.6. The van der Waals surface area contributed by atoms with E-state index in [1.54, 1.807) is 35.9 Å². The lowest BCUT2D eigenvalue weighted by atomic mass is 10.2. The van der Waals surface area contributed by atoms with Crippen LogP contribution in [0.2, 0.25) is 0 Å². The monoisotopic (exact) mass is 228 g/mol. The van der Waals surface area contributed by atoms with Crippen LogP contribution < -0.4 is 0 Å². The highest BCUT2D eigenvalue weighted by Gasteiger charge is 2.13. The lowest BCUT2D eigenvalue weighted by molar-refractivity contribution is -0.385. The molecule has 17 heavy (non-hydrogen) atoms. The van der Waals surface area contributed by atoms with Gasteiger partial charge in [0, 0.05) is 11.8 Å². The van der Waals surface area contributed by atoms with E-state index in [1.165, 1.54) is 6.20 Å². The van der Waals surface area contributed by atoms with Crippen molar-refractivity contribution in [1.29, 1.82) is 5.26 Å². The Balaban J connectivity index is 2.53. The maximum atomic E-state index is 10.6. The van der Waals surface area contributed by atoms with E-state index >= 15 is 0 Å². The zero-order chi connectivity index (χ0) is 12.4. The topological polar surface area (TPSA) is 84.8 Å². The van der Waals surface area contributed by atoms with E-state index < -0.39 is 4.92 Å². The minimum absolute atomic E-state index is 0.0283. The highest BCUT2D eigenvalue weighted by atomic mass is 16.6. The van der Waals surface area contributed by atoms with Crippen LogP contribution in [0.5, 0.6) is 0 Å².